The summed E-state index contributed by atoms with van der Waals surface area (Å²) in [4.78, 5) is 122. The standard InChI is InChI=1S/C58H90N6O12/c1-12-39(7)57(34-42(57)32-38(6)52(69)50(36(2)3)59-55(71)51(37(4)5)61(9)28-18-14-17-25-49(68)76-64-46(65)26-27-47(64)66)45(73-10)33-48(67)62-29-21-24-44(62)53(74-11)40(8)54(70)60-58(56(72)63-30-19-20-31-75-63)35-43(58)41-22-15-13-16-23-41/h13,15-16,22-23,36-40,42-45,50-51,53H,12,14,17-21,24-35H2,1-11H3,(H,59,71)(H,60,70)/t38?,39-,40+,42-,43+,44-,45+,50-,51-,53+,57-,58-/m0/s1. The SMILES string of the molecule is CC[C@H](C)[C@@]1([C@@H](CC(=O)N2CCC[C@H]2[C@H](OC)[C@@H](C)C(=O)N[C@@]2(C(=O)N3CCCCO3)C[C@@H]2c2ccccc2)OC)C[C@@H]1CC(C)C(=O)[C@@H](NC(=O)[C@H](C(C)C)N(C)CCCCCC(=O)ON1C(=O)CCC1=O)C(C)C. The van der Waals surface area contributed by atoms with Crippen molar-refractivity contribution in [2.75, 3.05) is 47.5 Å². The highest BCUT2D eigenvalue weighted by molar-refractivity contribution is 6.01. The smallest absolute Gasteiger partial charge is 0.333 e. The number of imide groups is 1. The molecule has 3 heterocycles. The number of likely N-dealkylation sites (N-methyl/N-ethyl adjacent to an activating group) is 1. The van der Waals surface area contributed by atoms with Gasteiger partial charge in [0.25, 0.3) is 17.7 Å². The van der Waals surface area contributed by atoms with Crippen molar-refractivity contribution in [3.63, 3.8) is 0 Å². The number of amides is 6. The van der Waals surface area contributed by atoms with Gasteiger partial charge in [-0.1, -0.05) is 98.6 Å². The van der Waals surface area contributed by atoms with E-state index in [4.69, 9.17) is 19.1 Å². The Balaban J connectivity index is 1.04. The Bertz CT molecular complexity index is 2190. The van der Waals surface area contributed by atoms with Gasteiger partial charge in [0, 0.05) is 63.8 Å². The molecular formula is C58H90N6O12. The molecule has 12 atom stereocenters. The van der Waals surface area contributed by atoms with Crippen LogP contribution in [0.25, 0.3) is 0 Å². The lowest BCUT2D eigenvalue weighted by Gasteiger charge is -2.37. The van der Waals surface area contributed by atoms with Crippen LogP contribution in [0.2, 0.25) is 0 Å². The van der Waals surface area contributed by atoms with E-state index in [1.54, 1.807) is 14.2 Å². The van der Waals surface area contributed by atoms with Crippen LogP contribution in [0.4, 0.5) is 0 Å². The van der Waals surface area contributed by atoms with E-state index in [1.165, 1.54) is 5.06 Å². The van der Waals surface area contributed by atoms with E-state index in [0.717, 1.165) is 37.7 Å². The fraction of sp³-hybridized carbons (Fsp3) is 0.759. The summed E-state index contributed by atoms with van der Waals surface area (Å²) in [5, 5.41) is 8.31. The van der Waals surface area contributed by atoms with Crippen LogP contribution in [-0.2, 0) is 57.5 Å². The maximum Gasteiger partial charge on any atom is 0.333 e. The maximum absolute atomic E-state index is 14.7. The minimum Gasteiger partial charge on any atom is -0.380 e. The first-order chi connectivity index (χ1) is 36.2. The Morgan fingerprint density at radius 2 is 1.54 bits per heavy atom. The van der Waals surface area contributed by atoms with E-state index in [1.807, 2.05) is 88.7 Å². The number of carbonyl (C=O) groups excluding carboxylic acids is 8. The zero-order chi connectivity index (χ0) is 55.6. The number of carbonyl (C=O) groups is 8. The molecule has 2 N–H and O–H groups in total. The van der Waals surface area contributed by atoms with Crippen LogP contribution in [0, 0.1) is 40.9 Å². The minimum atomic E-state index is -1.14. The van der Waals surface area contributed by atoms with Crippen LogP contribution in [0.5, 0.6) is 0 Å². The van der Waals surface area contributed by atoms with Crippen LogP contribution in [0.3, 0.4) is 0 Å². The molecule has 0 radical (unpaired) electrons. The first-order valence-corrected chi connectivity index (χ1v) is 28.4. The molecule has 5 aliphatic rings. The number of methoxy groups -OCH3 is 2. The van der Waals surface area contributed by atoms with Crippen molar-refractivity contribution in [1.29, 1.82) is 0 Å². The van der Waals surface area contributed by atoms with Gasteiger partial charge in [-0.05, 0) is 101 Å². The number of benzene rings is 1. The van der Waals surface area contributed by atoms with Crippen molar-refractivity contribution >= 4 is 47.2 Å². The summed E-state index contributed by atoms with van der Waals surface area (Å²) in [7, 11) is 5.13. The number of rotatable bonds is 29. The first kappa shape index (κ1) is 60.4. The fourth-order valence-electron chi connectivity index (χ4n) is 12.9. The molecule has 424 valence electrons. The quantitative estimate of drug-likeness (QED) is 0.0646. The third kappa shape index (κ3) is 13.7. The van der Waals surface area contributed by atoms with Crippen molar-refractivity contribution in [3.8, 4) is 0 Å². The van der Waals surface area contributed by atoms with Gasteiger partial charge in [0.15, 0.2) is 5.78 Å². The lowest BCUT2D eigenvalue weighted by Crippen LogP contribution is -2.56. The van der Waals surface area contributed by atoms with Crippen LogP contribution in [0.15, 0.2) is 30.3 Å². The number of nitrogens with zero attached hydrogens (tertiary/aromatic N) is 4. The molecular weight excluding hydrogens is 973 g/mol. The van der Waals surface area contributed by atoms with Gasteiger partial charge in [-0.2, -0.15) is 0 Å². The number of hydrogen-bond donors (Lipinski definition) is 2. The molecule has 1 aromatic carbocycles. The Hall–Kier alpha value is -4.78. The number of unbranched alkanes of at least 4 members (excludes halogenated alkanes) is 2. The molecule has 1 aromatic rings. The number of ketones is 1. The Morgan fingerprint density at radius 3 is 2.14 bits per heavy atom. The van der Waals surface area contributed by atoms with Gasteiger partial charge < -0.3 is 29.8 Å². The summed E-state index contributed by atoms with van der Waals surface area (Å²) in [6, 6.07) is 8.19. The Kier molecular flexibility index (Phi) is 21.2. The molecule has 0 spiro atoms. The lowest BCUT2D eigenvalue weighted by molar-refractivity contribution is -0.200. The first-order valence-electron chi connectivity index (χ1n) is 28.4. The molecule has 0 aromatic heterocycles. The largest absolute Gasteiger partial charge is 0.380 e. The zero-order valence-corrected chi connectivity index (χ0v) is 47.4. The number of hydroxylamine groups is 4. The molecule has 18 heteroatoms. The third-order valence-corrected chi connectivity index (χ3v) is 17.6. The maximum atomic E-state index is 14.7. The van der Waals surface area contributed by atoms with E-state index in [0.29, 0.717) is 69.8 Å². The second kappa shape index (κ2) is 26.7. The van der Waals surface area contributed by atoms with Gasteiger partial charge >= 0.3 is 5.97 Å². The average molecular weight is 1060 g/mol. The summed E-state index contributed by atoms with van der Waals surface area (Å²) in [6.07, 6.45) is 6.92. The molecule has 5 fully saturated rings. The van der Waals surface area contributed by atoms with Crippen molar-refractivity contribution < 1.29 is 57.5 Å². The molecule has 3 saturated heterocycles. The van der Waals surface area contributed by atoms with Gasteiger partial charge in [0.1, 0.15) is 5.54 Å². The van der Waals surface area contributed by atoms with Gasteiger partial charge in [0.05, 0.1) is 49.3 Å². The predicted octanol–water partition coefficient (Wildman–Crippen LogP) is 6.54. The summed E-state index contributed by atoms with van der Waals surface area (Å²) < 4.78 is 12.4. The van der Waals surface area contributed by atoms with Crippen LogP contribution < -0.4 is 10.6 Å². The molecule has 1 unspecified atom stereocenters. The summed E-state index contributed by atoms with van der Waals surface area (Å²) in [6.45, 7) is 18.0. The number of Topliss-reactive ketones (excluding diaryl/α,β-unsaturated/α-hetero) is 1. The monoisotopic (exact) mass is 1060 g/mol. The number of ether oxygens (including phenoxy) is 2. The van der Waals surface area contributed by atoms with E-state index < -0.39 is 53.5 Å². The van der Waals surface area contributed by atoms with Gasteiger partial charge in [0.2, 0.25) is 17.7 Å². The van der Waals surface area contributed by atoms with Gasteiger partial charge in [-0.25, -0.2) is 9.86 Å². The van der Waals surface area contributed by atoms with Gasteiger partial charge in [-0.15, -0.1) is 5.06 Å². The second-order valence-corrected chi connectivity index (χ2v) is 23.4. The van der Waals surface area contributed by atoms with Crippen LogP contribution in [0.1, 0.15) is 163 Å². The molecule has 6 amide bonds. The molecule has 76 heavy (non-hydrogen) atoms. The highest BCUT2D eigenvalue weighted by Gasteiger charge is 2.65. The number of hydrogen-bond acceptors (Lipinski definition) is 13. The molecule has 18 nitrogen and oxygen atoms in total. The molecule has 2 saturated carbocycles. The van der Waals surface area contributed by atoms with Crippen LogP contribution >= 0.6 is 0 Å². The lowest BCUT2D eigenvalue weighted by atomic mass is 9.77. The normalized spacial score (nSPS) is 26.2. The summed E-state index contributed by atoms with van der Waals surface area (Å²) in [5.41, 5.74) is -0.508. The molecule has 3 aliphatic heterocycles. The highest BCUT2D eigenvalue weighted by Crippen LogP contribution is 2.65. The topological polar surface area (TPSA) is 210 Å². The molecule has 6 rings (SSSR count). The minimum absolute atomic E-state index is 0.0243. The van der Waals surface area contributed by atoms with Crippen molar-refractivity contribution in [2.24, 2.45) is 40.9 Å². The van der Waals surface area contributed by atoms with Crippen molar-refractivity contribution in [1.82, 2.24) is 30.6 Å². The van der Waals surface area contributed by atoms with Crippen molar-refractivity contribution in [3.05, 3.63) is 35.9 Å². The highest BCUT2D eigenvalue weighted by atomic mass is 16.7. The van der Waals surface area contributed by atoms with E-state index in [9.17, 15) is 38.4 Å². The molecule has 2 aliphatic carbocycles. The Morgan fingerprint density at radius 1 is 0.842 bits per heavy atom. The number of likely N-dealkylation sites (tertiary alicyclic amines) is 1. The zero-order valence-electron chi connectivity index (χ0n) is 47.4. The summed E-state index contributed by atoms with van der Waals surface area (Å²) in [5.74, 6) is -3.69. The predicted molar refractivity (Wildman–Crippen MR) is 284 cm³/mol. The second-order valence-electron chi connectivity index (χ2n) is 23.4. The molecule has 0 bridgehead atoms. The Labute approximate surface area is 451 Å². The van der Waals surface area contributed by atoms with E-state index in [2.05, 4.69) is 24.5 Å². The van der Waals surface area contributed by atoms with E-state index >= 15 is 0 Å². The summed E-state index contributed by atoms with van der Waals surface area (Å²) >= 11 is 0. The van der Waals surface area contributed by atoms with Crippen molar-refractivity contribution in [2.45, 2.75) is 193 Å². The number of nitrogens with one attached hydrogen (secondary N) is 2. The van der Waals surface area contributed by atoms with Gasteiger partial charge in [-0.3, -0.25) is 43.3 Å². The fourth-order valence-corrected chi connectivity index (χ4v) is 12.9. The van der Waals surface area contributed by atoms with Crippen LogP contribution in [-0.4, -0.2) is 151 Å². The third-order valence-electron chi connectivity index (χ3n) is 17.6. The average Bonchev–Trinajstić information content (AvgIpc) is 4.31. The van der Waals surface area contributed by atoms with E-state index in [-0.39, 0.29) is 102 Å².